The van der Waals surface area contributed by atoms with Crippen molar-refractivity contribution in [1.29, 1.82) is 0 Å². The van der Waals surface area contributed by atoms with Gasteiger partial charge in [0.25, 0.3) is 0 Å². The first-order valence-electron chi connectivity index (χ1n) is 8.06. The molecule has 25 heavy (non-hydrogen) atoms. The molecule has 0 aliphatic carbocycles. The van der Waals surface area contributed by atoms with Crippen molar-refractivity contribution in [2.45, 2.75) is 46.0 Å². The SMILES string of the molecule is CC(C)(C)OC(=O)N1Cc2cnn(Cc3cccc(C(=O)O)c3)c2C1. The van der Waals surface area contributed by atoms with Crippen LogP contribution < -0.4 is 0 Å². The number of fused-ring (bicyclic) bond motifs is 1. The third-order valence-electron chi connectivity index (χ3n) is 3.89. The molecule has 7 heteroatoms. The third-order valence-corrected chi connectivity index (χ3v) is 3.89. The fourth-order valence-electron chi connectivity index (χ4n) is 2.77. The van der Waals surface area contributed by atoms with Crippen LogP contribution in [0.5, 0.6) is 0 Å². The Hall–Kier alpha value is -2.83. The lowest BCUT2D eigenvalue weighted by atomic mass is 10.1. The molecule has 0 atom stereocenters. The van der Waals surface area contributed by atoms with Crippen LogP contribution in [0.1, 0.15) is 48.0 Å². The Morgan fingerprint density at radius 3 is 2.72 bits per heavy atom. The quantitative estimate of drug-likeness (QED) is 0.926. The van der Waals surface area contributed by atoms with Crippen molar-refractivity contribution in [1.82, 2.24) is 14.7 Å². The molecule has 1 aromatic heterocycles. The molecule has 0 radical (unpaired) electrons. The maximum absolute atomic E-state index is 12.2. The Morgan fingerprint density at radius 2 is 2.04 bits per heavy atom. The third kappa shape index (κ3) is 3.81. The van der Waals surface area contributed by atoms with E-state index in [1.165, 1.54) is 0 Å². The Morgan fingerprint density at radius 1 is 1.28 bits per heavy atom. The summed E-state index contributed by atoms with van der Waals surface area (Å²) in [5, 5.41) is 13.5. The molecule has 1 aliphatic heterocycles. The van der Waals surface area contributed by atoms with Crippen molar-refractivity contribution < 1.29 is 19.4 Å². The number of carbonyl (C=O) groups excluding carboxylic acids is 1. The Labute approximate surface area is 145 Å². The monoisotopic (exact) mass is 343 g/mol. The molecular weight excluding hydrogens is 322 g/mol. The number of aromatic nitrogens is 2. The van der Waals surface area contributed by atoms with E-state index >= 15 is 0 Å². The van der Waals surface area contributed by atoms with E-state index in [1.54, 1.807) is 34.0 Å². The Bertz CT molecular complexity index is 820. The summed E-state index contributed by atoms with van der Waals surface area (Å²) in [4.78, 5) is 25.0. The van der Waals surface area contributed by atoms with E-state index < -0.39 is 11.6 Å². The van der Waals surface area contributed by atoms with Crippen LogP contribution in [-0.2, 0) is 24.4 Å². The van der Waals surface area contributed by atoms with Crippen LogP contribution >= 0.6 is 0 Å². The number of hydrogen-bond donors (Lipinski definition) is 1. The van der Waals surface area contributed by atoms with Crippen LogP contribution in [0, 0.1) is 0 Å². The van der Waals surface area contributed by atoms with Crippen molar-refractivity contribution >= 4 is 12.1 Å². The van der Waals surface area contributed by atoms with Gasteiger partial charge in [0.1, 0.15) is 5.60 Å². The van der Waals surface area contributed by atoms with Gasteiger partial charge in [0, 0.05) is 5.56 Å². The van der Waals surface area contributed by atoms with Gasteiger partial charge in [-0.1, -0.05) is 12.1 Å². The molecule has 1 N–H and O–H groups in total. The molecule has 0 spiro atoms. The molecule has 2 heterocycles. The van der Waals surface area contributed by atoms with E-state index in [1.807, 2.05) is 26.8 Å². The van der Waals surface area contributed by atoms with E-state index in [4.69, 9.17) is 9.84 Å². The summed E-state index contributed by atoms with van der Waals surface area (Å²) < 4.78 is 7.22. The zero-order valence-electron chi connectivity index (χ0n) is 14.5. The van der Waals surface area contributed by atoms with E-state index in [-0.39, 0.29) is 11.7 Å². The van der Waals surface area contributed by atoms with Crippen molar-refractivity contribution in [3.05, 3.63) is 52.8 Å². The van der Waals surface area contributed by atoms with Crippen molar-refractivity contribution in [3.63, 3.8) is 0 Å². The number of rotatable bonds is 3. The van der Waals surface area contributed by atoms with Crippen molar-refractivity contribution in [2.75, 3.05) is 0 Å². The van der Waals surface area contributed by atoms with Crippen molar-refractivity contribution in [3.8, 4) is 0 Å². The fourth-order valence-corrected chi connectivity index (χ4v) is 2.77. The minimum Gasteiger partial charge on any atom is -0.478 e. The summed E-state index contributed by atoms with van der Waals surface area (Å²) >= 11 is 0. The van der Waals surface area contributed by atoms with Gasteiger partial charge in [0.15, 0.2) is 0 Å². The molecule has 132 valence electrons. The predicted octanol–water partition coefficient (Wildman–Crippen LogP) is 2.88. The summed E-state index contributed by atoms with van der Waals surface area (Å²) in [6, 6.07) is 6.77. The zero-order valence-corrected chi connectivity index (χ0v) is 14.5. The second-order valence-electron chi connectivity index (χ2n) is 7.12. The topological polar surface area (TPSA) is 84.7 Å². The summed E-state index contributed by atoms with van der Waals surface area (Å²) in [7, 11) is 0. The van der Waals surface area contributed by atoms with Crippen molar-refractivity contribution in [2.24, 2.45) is 0 Å². The molecule has 0 bridgehead atoms. The van der Waals surface area contributed by atoms with Gasteiger partial charge >= 0.3 is 12.1 Å². The number of carboxylic acid groups (broad SMARTS) is 1. The van der Waals surface area contributed by atoms with Gasteiger partial charge in [0.05, 0.1) is 37.1 Å². The average Bonchev–Trinajstić information content (AvgIpc) is 3.08. The lowest BCUT2D eigenvalue weighted by Crippen LogP contribution is -2.33. The first-order valence-corrected chi connectivity index (χ1v) is 8.06. The van der Waals surface area contributed by atoms with Crippen LogP contribution in [0.4, 0.5) is 4.79 Å². The van der Waals surface area contributed by atoms with Crippen LogP contribution in [0.3, 0.4) is 0 Å². The number of amides is 1. The normalized spacial score (nSPS) is 13.6. The minimum absolute atomic E-state index is 0.247. The van der Waals surface area contributed by atoms with Gasteiger partial charge in [-0.25, -0.2) is 9.59 Å². The molecule has 1 aliphatic rings. The van der Waals surface area contributed by atoms with E-state index in [0.29, 0.717) is 19.6 Å². The first-order chi connectivity index (χ1) is 11.7. The number of hydrogen-bond acceptors (Lipinski definition) is 4. The lowest BCUT2D eigenvalue weighted by Gasteiger charge is -2.24. The highest BCUT2D eigenvalue weighted by atomic mass is 16.6. The van der Waals surface area contributed by atoms with E-state index in [0.717, 1.165) is 16.8 Å². The van der Waals surface area contributed by atoms with Crippen LogP contribution in [-0.4, -0.2) is 37.5 Å². The van der Waals surface area contributed by atoms with E-state index in [9.17, 15) is 9.59 Å². The number of carbonyl (C=O) groups is 2. The Balaban J connectivity index is 1.74. The van der Waals surface area contributed by atoms with Gasteiger partial charge in [-0.15, -0.1) is 0 Å². The zero-order chi connectivity index (χ0) is 18.2. The lowest BCUT2D eigenvalue weighted by molar-refractivity contribution is 0.0238. The summed E-state index contributed by atoms with van der Waals surface area (Å²) in [5.74, 6) is -0.955. The molecule has 3 rings (SSSR count). The van der Waals surface area contributed by atoms with Gasteiger partial charge in [0.2, 0.25) is 0 Å². The molecule has 0 fully saturated rings. The van der Waals surface area contributed by atoms with Crippen LogP contribution in [0.2, 0.25) is 0 Å². The maximum Gasteiger partial charge on any atom is 0.410 e. The Kier molecular flexibility index (Phi) is 4.24. The van der Waals surface area contributed by atoms with Gasteiger partial charge in [-0.3, -0.25) is 9.58 Å². The number of benzene rings is 1. The summed E-state index contributed by atoms with van der Waals surface area (Å²) in [6.45, 7) is 6.88. The average molecular weight is 343 g/mol. The molecule has 0 saturated carbocycles. The van der Waals surface area contributed by atoms with E-state index in [2.05, 4.69) is 5.10 Å². The second-order valence-corrected chi connectivity index (χ2v) is 7.12. The fraction of sp³-hybridized carbons (Fsp3) is 0.389. The van der Waals surface area contributed by atoms with Crippen LogP contribution in [0.15, 0.2) is 30.5 Å². The number of nitrogens with zero attached hydrogens (tertiary/aromatic N) is 3. The predicted molar refractivity (Wildman–Crippen MR) is 90.2 cm³/mol. The molecule has 2 aromatic rings. The van der Waals surface area contributed by atoms with Gasteiger partial charge < -0.3 is 9.84 Å². The largest absolute Gasteiger partial charge is 0.478 e. The second kappa shape index (κ2) is 6.23. The molecule has 0 unspecified atom stereocenters. The molecule has 1 aromatic carbocycles. The first kappa shape index (κ1) is 17.0. The number of ether oxygens (including phenoxy) is 1. The van der Waals surface area contributed by atoms with Crippen LogP contribution in [0.25, 0.3) is 0 Å². The van der Waals surface area contributed by atoms with Gasteiger partial charge in [-0.2, -0.15) is 5.10 Å². The highest BCUT2D eigenvalue weighted by Crippen LogP contribution is 2.25. The smallest absolute Gasteiger partial charge is 0.410 e. The standard InChI is InChI=1S/C18H21N3O4/c1-18(2,3)25-17(24)20-10-14-8-19-21(15(14)11-20)9-12-5-4-6-13(7-12)16(22)23/h4-8H,9-11H2,1-3H3,(H,22,23). The van der Waals surface area contributed by atoms with Gasteiger partial charge in [-0.05, 0) is 38.5 Å². The number of carboxylic acids is 1. The minimum atomic E-state index is -0.955. The summed E-state index contributed by atoms with van der Waals surface area (Å²) in [5.41, 5.74) is 2.50. The molecule has 7 nitrogen and oxygen atoms in total. The molecule has 1 amide bonds. The number of aromatic carboxylic acids is 1. The summed E-state index contributed by atoms with van der Waals surface area (Å²) in [6.07, 6.45) is 1.41. The highest BCUT2D eigenvalue weighted by Gasteiger charge is 2.30. The highest BCUT2D eigenvalue weighted by molar-refractivity contribution is 5.87. The molecule has 0 saturated heterocycles. The maximum atomic E-state index is 12.2. The molecular formula is C18H21N3O4.